The Morgan fingerprint density at radius 1 is 1.03 bits per heavy atom. The highest BCUT2D eigenvalue weighted by Gasteiger charge is 2.35. The first-order chi connectivity index (χ1) is 13.7. The third-order valence-electron chi connectivity index (χ3n) is 3.53. The lowest BCUT2D eigenvalue weighted by molar-refractivity contribution is -0.145. The topological polar surface area (TPSA) is 54.9 Å². The van der Waals surface area contributed by atoms with E-state index in [2.05, 4.69) is 15.3 Å². The molecule has 0 fully saturated rings. The summed E-state index contributed by atoms with van der Waals surface area (Å²) in [6.45, 7) is 0. The summed E-state index contributed by atoms with van der Waals surface area (Å²) < 4.78 is 63.7. The summed E-state index contributed by atoms with van der Waals surface area (Å²) in [7, 11) is 0. The zero-order valence-electron chi connectivity index (χ0n) is 14.4. The molecule has 0 aliphatic rings. The van der Waals surface area contributed by atoms with Gasteiger partial charge in [-0.05, 0) is 30.3 Å². The summed E-state index contributed by atoms with van der Waals surface area (Å²) in [6.07, 6.45) is -4.71. The van der Waals surface area contributed by atoms with Crippen molar-refractivity contribution in [2.75, 3.05) is 11.1 Å². The lowest BCUT2D eigenvalue weighted by Crippen LogP contribution is -2.15. The standard InChI is InChI=1S/C18H12F5N3OS2/c19-17(20)29-11-7-5-10(6-8-11)24-14(27)9-28-15-12-3-1-2-4-13(12)25-16(26-15)18(21,22)23/h1-8,17H,9H2,(H,24,27). The molecular weight excluding hydrogens is 433 g/mol. The predicted octanol–water partition coefficient (Wildman–Crippen LogP) is 5.69. The van der Waals surface area contributed by atoms with Crippen molar-refractivity contribution in [3.8, 4) is 0 Å². The first-order valence-corrected chi connectivity index (χ1v) is 9.90. The number of hydrogen-bond donors (Lipinski definition) is 1. The number of halogens is 5. The van der Waals surface area contributed by atoms with Crippen molar-refractivity contribution < 1.29 is 26.7 Å². The zero-order chi connectivity index (χ0) is 21.0. The van der Waals surface area contributed by atoms with Gasteiger partial charge in [0.05, 0.1) is 11.3 Å². The number of fused-ring (bicyclic) bond motifs is 1. The number of thioether (sulfide) groups is 2. The minimum Gasteiger partial charge on any atom is -0.325 e. The van der Waals surface area contributed by atoms with E-state index < -0.39 is 23.7 Å². The van der Waals surface area contributed by atoms with Crippen molar-refractivity contribution in [1.82, 2.24) is 9.97 Å². The van der Waals surface area contributed by atoms with Gasteiger partial charge in [-0.25, -0.2) is 9.97 Å². The summed E-state index contributed by atoms with van der Waals surface area (Å²) in [4.78, 5) is 19.6. The molecule has 0 aliphatic carbocycles. The fourth-order valence-electron chi connectivity index (χ4n) is 2.33. The molecule has 0 spiro atoms. The van der Waals surface area contributed by atoms with Gasteiger partial charge in [-0.1, -0.05) is 41.7 Å². The highest BCUT2D eigenvalue weighted by molar-refractivity contribution is 8.00. The Balaban J connectivity index is 1.70. The van der Waals surface area contributed by atoms with Crippen LogP contribution in [0.3, 0.4) is 0 Å². The molecule has 1 amide bonds. The van der Waals surface area contributed by atoms with Crippen LogP contribution in [0, 0.1) is 0 Å². The molecule has 1 N–H and O–H groups in total. The number of rotatable bonds is 6. The lowest BCUT2D eigenvalue weighted by Gasteiger charge is -2.10. The van der Waals surface area contributed by atoms with Crippen molar-refractivity contribution in [3.05, 3.63) is 54.4 Å². The Labute approximate surface area is 170 Å². The minimum atomic E-state index is -4.71. The lowest BCUT2D eigenvalue weighted by atomic mass is 10.2. The summed E-state index contributed by atoms with van der Waals surface area (Å²) in [6, 6.07) is 12.0. The van der Waals surface area contributed by atoms with Crippen LogP contribution in [0.15, 0.2) is 58.5 Å². The minimum absolute atomic E-state index is 0.0433. The summed E-state index contributed by atoms with van der Waals surface area (Å²) >= 11 is 1.23. The molecule has 0 saturated carbocycles. The van der Waals surface area contributed by atoms with E-state index >= 15 is 0 Å². The average Bonchev–Trinajstić information content (AvgIpc) is 2.66. The van der Waals surface area contributed by atoms with E-state index in [0.29, 0.717) is 27.7 Å². The normalized spacial score (nSPS) is 11.8. The number of nitrogens with one attached hydrogen (secondary N) is 1. The predicted molar refractivity (Wildman–Crippen MR) is 102 cm³/mol. The Kier molecular flexibility index (Phi) is 6.58. The Morgan fingerprint density at radius 2 is 1.72 bits per heavy atom. The number of amides is 1. The average molecular weight is 445 g/mol. The van der Waals surface area contributed by atoms with Crippen LogP contribution >= 0.6 is 23.5 Å². The number of para-hydroxylation sites is 1. The monoisotopic (exact) mass is 445 g/mol. The van der Waals surface area contributed by atoms with Gasteiger partial charge in [0.25, 0.3) is 5.76 Å². The van der Waals surface area contributed by atoms with Gasteiger partial charge in [0.1, 0.15) is 5.03 Å². The van der Waals surface area contributed by atoms with Crippen LogP contribution in [0.4, 0.5) is 27.6 Å². The maximum absolute atomic E-state index is 13.0. The largest absolute Gasteiger partial charge is 0.451 e. The molecule has 0 saturated heterocycles. The maximum atomic E-state index is 13.0. The molecule has 0 bridgehead atoms. The number of carbonyl (C=O) groups is 1. The van der Waals surface area contributed by atoms with Crippen molar-refractivity contribution in [2.24, 2.45) is 0 Å². The molecule has 152 valence electrons. The molecule has 11 heteroatoms. The van der Waals surface area contributed by atoms with E-state index in [-0.39, 0.29) is 16.3 Å². The molecule has 3 aromatic rings. The molecule has 3 rings (SSSR count). The van der Waals surface area contributed by atoms with Gasteiger partial charge in [0.15, 0.2) is 0 Å². The highest BCUT2D eigenvalue weighted by Crippen LogP contribution is 2.32. The highest BCUT2D eigenvalue weighted by atomic mass is 32.2. The smallest absolute Gasteiger partial charge is 0.325 e. The molecule has 29 heavy (non-hydrogen) atoms. The van der Waals surface area contributed by atoms with Crippen molar-refractivity contribution in [3.63, 3.8) is 0 Å². The summed E-state index contributed by atoms with van der Waals surface area (Å²) in [5.41, 5.74) is 0.516. The van der Waals surface area contributed by atoms with E-state index in [1.807, 2.05) is 0 Å². The summed E-state index contributed by atoms with van der Waals surface area (Å²) in [5.74, 6) is -4.48. The third kappa shape index (κ3) is 5.80. The van der Waals surface area contributed by atoms with Gasteiger partial charge in [0.2, 0.25) is 11.7 Å². The number of aromatic nitrogens is 2. The molecule has 1 aromatic heterocycles. The molecular formula is C18H12F5N3OS2. The van der Waals surface area contributed by atoms with Gasteiger partial charge in [-0.3, -0.25) is 4.79 Å². The first kappa shape index (κ1) is 21.3. The van der Waals surface area contributed by atoms with Gasteiger partial charge < -0.3 is 5.32 Å². The second kappa shape index (κ2) is 8.95. The van der Waals surface area contributed by atoms with Crippen LogP contribution in [0.2, 0.25) is 0 Å². The van der Waals surface area contributed by atoms with Gasteiger partial charge in [0, 0.05) is 16.0 Å². The van der Waals surface area contributed by atoms with E-state index in [0.717, 1.165) is 11.8 Å². The van der Waals surface area contributed by atoms with Crippen LogP contribution in [0.5, 0.6) is 0 Å². The van der Waals surface area contributed by atoms with Crippen LogP contribution in [-0.4, -0.2) is 27.4 Å². The Bertz CT molecular complexity index is 1010. The van der Waals surface area contributed by atoms with E-state index in [1.165, 1.54) is 30.3 Å². The molecule has 0 atom stereocenters. The quantitative estimate of drug-likeness (QED) is 0.300. The Morgan fingerprint density at radius 3 is 2.38 bits per heavy atom. The maximum Gasteiger partial charge on any atom is 0.451 e. The third-order valence-corrected chi connectivity index (χ3v) is 5.24. The molecule has 0 unspecified atom stereocenters. The molecule has 0 aliphatic heterocycles. The van der Waals surface area contributed by atoms with Crippen molar-refractivity contribution >= 4 is 46.0 Å². The number of benzene rings is 2. The van der Waals surface area contributed by atoms with Gasteiger partial charge in [-0.2, -0.15) is 22.0 Å². The molecule has 0 radical (unpaired) electrons. The van der Waals surface area contributed by atoms with Gasteiger partial charge in [-0.15, -0.1) is 0 Å². The number of hydrogen-bond acceptors (Lipinski definition) is 5. The van der Waals surface area contributed by atoms with Crippen LogP contribution in [-0.2, 0) is 11.0 Å². The first-order valence-electron chi connectivity index (χ1n) is 8.04. The molecule has 4 nitrogen and oxygen atoms in total. The van der Waals surface area contributed by atoms with Crippen molar-refractivity contribution in [2.45, 2.75) is 21.9 Å². The van der Waals surface area contributed by atoms with Crippen LogP contribution < -0.4 is 5.32 Å². The number of carbonyl (C=O) groups excluding carboxylic acids is 1. The van der Waals surface area contributed by atoms with E-state index in [1.54, 1.807) is 18.2 Å². The SMILES string of the molecule is O=C(CSc1nc(C(F)(F)F)nc2ccccc12)Nc1ccc(SC(F)F)cc1. The van der Waals surface area contributed by atoms with Crippen LogP contribution in [0.1, 0.15) is 5.82 Å². The number of nitrogens with zero attached hydrogens (tertiary/aromatic N) is 2. The fraction of sp³-hybridized carbons (Fsp3) is 0.167. The van der Waals surface area contributed by atoms with Crippen LogP contribution in [0.25, 0.3) is 10.9 Å². The van der Waals surface area contributed by atoms with E-state index in [9.17, 15) is 26.7 Å². The fourth-order valence-corrected chi connectivity index (χ4v) is 3.65. The molecule has 2 aromatic carbocycles. The van der Waals surface area contributed by atoms with Gasteiger partial charge >= 0.3 is 6.18 Å². The number of alkyl halides is 5. The zero-order valence-corrected chi connectivity index (χ0v) is 16.0. The summed E-state index contributed by atoms with van der Waals surface area (Å²) in [5, 5.41) is 3.02. The second-order valence-electron chi connectivity index (χ2n) is 5.61. The number of anilines is 1. The second-order valence-corrected chi connectivity index (χ2v) is 7.63. The Hall–Kier alpha value is -2.40. The molecule has 1 heterocycles. The van der Waals surface area contributed by atoms with E-state index in [4.69, 9.17) is 0 Å². The van der Waals surface area contributed by atoms with Crippen molar-refractivity contribution in [1.29, 1.82) is 0 Å².